The molecule has 6 heteroatoms. The first-order valence-corrected chi connectivity index (χ1v) is 5.22. The Morgan fingerprint density at radius 3 is 2.56 bits per heavy atom. The molecule has 0 unspecified atom stereocenters. The van der Waals surface area contributed by atoms with Crippen LogP contribution in [-0.2, 0) is 0 Å². The van der Waals surface area contributed by atoms with Gasteiger partial charge in [0, 0.05) is 13.1 Å². The third kappa shape index (κ3) is 3.00. The number of nitrogens with zero attached hydrogens (tertiary/aromatic N) is 3. The summed E-state index contributed by atoms with van der Waals surface area (Å²) in [5.41, 5.74) is -0.0359. The van der Waals surface area contributed by atoms with Gasteiger partial charge < -0.3 is 15.0 Å². The van der Waals surface area contributed by atoms with Gasteiger partial charge in [0.1, 0.15) is 11.8 Å². The molecule has 6 nitrogen and oxygen atoms in total. The van der Waals surface area contributed by atoms with Crippen molar-refractivity contribution in [1.29, 1.82) is 0 Å². The third-order valence-electron chi connectivity index (χ3n) is 2.18. The van der Waals surface area contributed by atoms with Gasteiger partial charge in [-0.2, -0.15) is 0 Å². The summed E-state index contributed by atoms with van der Waals surface area (Å²) < 4.78 is 0. The molecule has 0 aliphatic heterocycles. The van der Waals surface area contributed by atoms with E-state index in [-0.39, 0.29) is 18.7 Å². The van der Waals surface area contributed by atoms with Gasteiger partial charge >= 0.3 is 5.82 Å². The Labute approximate surface area is 104 Å². The Balaban J connectivity index is 3.11. The van der Waals surface area contributed by atoms with Crippen molar-refractivity contribution >= 4 is 11.7 Å². The van der Waals surface area contributed by atoms with Gasteiger partial charge in [-0.15, -0.1) is 13.2 Å². The zero-order chi connectivity index (χ0) is 13.5. The number of nitro groups is 1. The van der Waals surface area contributed by atoms with Crippen molar-refractivity contribution in [2.75, 3.05) is 13.1 Å². The van der Waals surface area contributed by atoms with E-state index in [0.717, 1.165) is 0 Å². The monoisotopic (exact) mass is 247 g/mol. The number of carbonyl (C=O) groups excluding carboxylic acids is 1. The maximum atomic E-state index is 12.1. The molecule has 0 aliphatic rings. The Kier molecular flexibility index (Phi) is 4.74. The first-order valence-electron chi connectivity index (χ1n) is 5.22. The number of pyridine rings is 1. The van der Waals surface area contributed by atoms with Crippen molar-refractivity contribution in [3.63, 3.8) is 0 Å². The summed E-state index contributed by atoms with van der Waals surface area (Å²) in [6.07, 6.45) is 4.37. The minimum Gasteiger partial charge on any atom is -0.358 e. The predicted molar refractivity (Wildman–Crippen MR) is 67.2 cm³/mol. The van der Waals surface area contributed by atoms with Crippen LogP contribution in [0.4, 0.5) is 5.82 Å². The van der Waals surface area contributed by atoms with E-state index in [1.54, 1.807) is 12.2 Å². The van der Waals surface area contributed by atoms with Crippen molar-refractivity contribution < 1.29 is 9.72 Å². The molecule has 1 aromatic heterocycles. The van der Waals surface area contributed by atoms with Gasteiger partial charge in [-0.25, -0.2) is 0 Å². The van der Waals surface area contributed by atoms with Crippen LogP contribution < -0.4 is 0 Å². The summed E-state index contributed by atoms with van der Waals surface area (Å²) in [6, 6.07) is 2.87. The summed E-state index contributed by atoms with van der Waals surface area (Å²) in [6.45, 7) is 7.65. The molecule has 0 N–H and O–H groups in total. The zero-order valence-corrected chi connectivity index (χ0v) is 9.78. The molecule has 0 bridgehead atoms. The third-order valence-corrected chi connectivity index (χ3v) is 2.18. The SMILES string of the molecule is C=CCN(CC=C)C(=O)c1cccnc1[N+](=O)[O-]. The van der Waals surface area contributed by atoms with E-state index in [0.29, 0.717) is 0 Å². The molecular formula is C12H13N3O3. The smallest absolute Gasteiger partial charge is 0.358 e. The second kappa shape index (κ2) is 6.29. The highest BCUT2D eigenvalue weighted by Crippen LogP contribution is 2.16. The maximum Gasteiger partial charge on any atom is 0.376 e. The van der Waals surface area contributed by atoms with E-state index in [2.05, 4.69) is 18.1 Å². The lowest BCUT2D eigenvalue weighted by molar-refractivity contribution is -0.389. The van der Waals surface area contributed by atoms with Crippen LogP contribution in [0.25, 0.3) is 0 Å². The largest absolute Gasteiger partial charge is 0.376 e. The van der Waals surface area contributed by atoms with Crippen LogP contribution in [0.15, 0.2) is 43.6 Å². The molecule has 0 spiro atoms. The van der Waals surface area contributed by atoms with Gasteiger partial charge in [-0.05, 0) is 22.0 Å². The molecule has 0 saturated heterocycles. The van der Waals surface area contributed by atoms with Gasteiger partial charge in [0.15, 0.2) is 0 Å². The number of hydrogen-bond acceptors (Lipinski definition) is 4. The Bertz CT molecular complexity index is 475. The molecule has 0 aliphatic carbocycles. The van der Waals surface area contributed by atoms with Crippen molar-refractivity contribution in [1.82, 2.24) is 9.88 Å². The van der Waals surface area contributed by atoms with Crippen molar-refractivity contribution in [3.05, 3.63) is 59.3 Å². The van der Waals surface area contributed by atoms with Crippen molar-refractivity contribution in [2.24, 2.45) is 0 Å². The Morgan fingerprint density at radius 1 is 1.44 bits per heavy atom. The fraction of sp³-hybridized carbons (Fsp3) is 0.167. The highest BCUT2D eigenvalue weighted by atomic mass is 16.6. The summed E-state index contributed by atoms with van der Waals surface area (Å²) >= 11 is 0. The summed E-state index contributed by atoms with van der Waals surface area (Å²) in [5, 5.41) is 10.8. The number of carbonyl (C=O) groups is 1. The molecule has 94 valence electrons. The molecule has 1 amide bonds. The van der Waals surface area contributed by atoms with Gasteiger partial charge in [0.2, 0.25) is 0 Å². The van der Waals surface area contributed by atoms with Gasteiger partial charge in [-0.1, -0.05) is 12.2 Å². The normalized spacial score (nSPS) is 9.56. The fourth-order valence-corrected chi connectivity index (χ4v) is 1.43. The lowest BCUT2D eigenvalue weighted by Crippen LogP contribution is -2.31. The fourth-order valence-electron chi connectivity index (χ4n) is 1.43. The van der Waals surface area contributed by atoms with Gasteiger partial charge in [0.25, 0.3) is 5.91 Å². The quantitative estimate of drug-likeness (QED) is 0.436. The van der Waals surface area contributed by atoms with E-state index < -0.39 is 16.6 Å². The highest BCUT2D eigenvalue weighted by molar-refractivity contribution is 5.97. The predicted octanol–water partition coefficient (Wildman–Crippen LogP) is 1.80. The van der Waals surface area contributed by atoms with Crippen LogP contribution in [0, 0.1) is 10.1 Å². The number of amides is 1. The Hall–Kier alpha value is -2.50. The number of hydrogen-bond donors (Lipinski definition) is 0. The molecule has 0 radical (unpaired) electrons. The average molecular weight is 247 g/mol. The lowest BCUT2D eigenvalue weighted by Gasteiger charge is -2.18. The van der Waals surface area contributed by atoms with Crippen molar-refractivity contribution in [2.45, 2.75) is 0 Å². The van der Waals surface area contributed by atoms with E-state index in [9.17, 15) is 14.9 Å². The standard InChI is InChI=1S/C12H13N3O3/c1-3-8-14(9-4-2)12(16)10-6-5-7-13-11(10)15(17)18/h3-7H,1-2,8-9H2. The Morgan fingerprint density at radius 2 is 2.06 bits per heavy atom. The van der Waals surface area contributed by atoms with Crippen LogP contribution in [0.3, 0.4) is 0 Å². The molecule has 0 saturated carbocycles. The number of aromatic nitrogens is 1. The summed E-state index contributed by atoms with van der Waals surface area (Å²) in [7, 11) is 0. The summed E-state index contributed by atoms with van der Waals surface area (Å²) in [5.74, 6) is -0.907. The van der Waals surface area contributed by atoms with Crippen molar-refractivity contribution in [3.8, 4) is 0 Å². The first-order chi connectivity index (χ1) is 8.61. The van der Waals surface area contributed by atoms with Gasteiger partial charge in [0.05, 0.1) is 0 Å². The van der Waals surface area contributed by atoms with E-state index >= 15 is 0 Å². The average Bonchev–Trinajstić information content (AvgIpc) is 2.37. The van der Waals surface area contributed by atoms with Crippen LogP contribution in [-0.4, -0.2) is 33.8 Å². The second-order valence-corrected chi connectivity index (χ2v) is 3.42. The molecule has 0 fully saturated rings. The minimum atomic E-state index is -0.673. The van der Waals surface area contributed by atoms with Crippen LogP contribution in [0.1, 0.15) is 10.4 Å². The van der Waals surface area contributed by atoms with Gasteiger partial charge in [-0.3, -0.25) is 4.79 Å². The molecule has 18 heavy (non-hydrogen) atoms. The minimum absolute atomic E-state index is 0.0359. The van der Waals surface area contributed by atoms with Crippen LogP contribution in [0.5, 0.6) is 0 Å². The molecular weight excluding hydrogens is 234 g/mol. The van der Waals surface area contributed by atoms with Crippen LogP contribution in [0.2, 0.25) is 0 Å². The topological polar surface area (TPSA) is 76.3 Å². The molecule has 0 atom stereocenters. The molecule has 1 heterocycles. The number of rotatable bonds is 6. The molecule has 0 aromatic carbocycles. The zero-order valence-electron chi connectivity index (χ0n) is 9.78. The van der Waals surface area contributed by atoms with E-state index in [1.165, 1.54) is 23.2 Å². The van der Waals surface area contributed by atoms with E-state index in [1.807, 2.05) is 0 Å². The highest BCUT2D eigenvalue weighted by Gasteiger charge is 2.24. The maximum absolute atomic E-state index is 12.1. The van der Waals surface area contributed by atoms with E-state index in [4.69, 9.17) is 0 Å². The summed E-state index contributed by atoms with van der Waals surface area (Å²) in [4.78, 5) is 27.3. The lowest BCUT2D eigenvalue weighted by atomic mass is 10.2. The first kappa shape index (κ1) is 13.6. The molecule has 1 rings (SSSR count). The van der Waals surface area contributed by atoms with Crippen LogP contribution >= 0.6 is 0 Å². The second-order valence-electron chi connectivity index (χ2n) is 3.42. The molecule has 1 aromatic rings.